The van der Waals surface area contributed by atoms with Gasteiger partial charge in [0.15, 0.2) is 11.5 Å². The van der Waals surface area contributed by atoms with Crippen LogP contribution in [0.2, 0.25) is 0 Å². The lowest BCUT2D eigenvalue weighted by atomic mass is 10.2. The predicted octanol–water partition coefficient (Wildman–Crippen LogP) is 4.13. The molecule has 0 unspecified atom stereocenters. The van der Waals surface area contributed by atoms with Crippen LogP contribution in [0.5, 0.6) is 11.5 Å². The van der Waals surface area contributed by atoms with Gasteiger partial charge >= 0.3 is 0 Å². The number of aromatic nitrogens is 3. The molecular weight excluding hydrogens is 318 g/mol. The van der Waals surface area contributed by atoms with Crippen LogP contribution in [0.1, 0.15) is 25.7 Å². The van der Waals surface area contributed by atoms with Gasteiger partial charge in [0.25, 0.3) is 5.89 Å². The monoisotopic (exact) mass is 337 g/mol. The summed E-state index contributed by atoms with van der Waals surface area (Å²) in [6.07, 6.45) is 8.25. The van der Waals surface area contributed by atoms with E-state index in [1.807, 2.05) is 30.3 Å². The Labute approximate surface area is 145 Å². The summed E-state index contributed by atoms with van der Waals surface area (Å²) in [5.41, 5.74) is 1.62. The molecule has 0 radical (unpaired) electrons. The summed E-state index contributed by atoms with van der Waals surface area (Å²) in [6.45, 7) is 0. The molecule has 1 aliphatic rings. The molecule has 0 spiro atoms. The maximum atomic E-state index is 6.13. The van der Waals surface area contributed by atoms with Gasteiger partial charge in [0.1, 0.15) is 0 Å². The first-order valence-electron chi connectivity index (χ1n) is 8.42. The van der Waals surface area contributed by atoms with E-state index in [2.05, 4.69) is 15.1 Å². The van der Waals surface area contributed by atoms with Crippen molar-refractivity contribution in [3.8, 4) is 34.3 Å². The van der Waals surface area contributed by atoms with Gasteiger partial charge in [0.2, 0.25) is 5.82 Å². The number of pyridine rings is 1. The zero-order valence-electron chi connectivity index (χ0n) is 14.0. The van der Waals surface area contributed by atoms with Crippen molar-refractivity contribution >= 4 is 0 Å². The molecule has 0 amide bonds. The van der Waals surface area contributed by atoms with Crippen LogP contribution in [0, 0.1) is 0 Å². The van der Waals surface area contributed by atoms with Gasteiger partial charge in [0, 0.05) is 18.0 Å². The molecule has 4 rings (SSSR count). The summed E-state index contributed by atoms with van der Waals surface area (Å²) >= 11 is 0. The molecular formula is C19H19N3O3. The second kappa shape index (κ2) is 6.93. The first-order valence-corrected chi connectivity index (χ1v) is 8.42. The second-order valence-electron chi connectivity index (χ2n) is 6.05. The van der Waals surface area contributed by atoms with Gasteiger partial charge in [-0.05, 0) is 56.0 Å². The maximum absolute atomic E-state index is 6.13. The molecule has 6 nitrogen and oxygen atoms in total. The van der Waals surface area contributed by atoms with Crippen LogP contribution in [0.15, 0.2) is 47.2 Å². The van der Waals surface area contributed by atoms with Crippen LogP contribution < -0.4 is 9.47 Å². The van der Waals surface area contributed by atoms with E-state index < -0.39 is 0 Å². The third-order valence-electron chi connectivity index (χ3n) is 4.35. The van der Waals surface area contributed by atoms with Crippen molar-refractivity contribution in [3.63, 3.8) is 0 Å². The normalized spacial score (nSPS) is 14.6. The molecule has 2 aromatic heterocycles. The standard InChI is InChI=1S/C19H19N3O3/c1-23-16-9-8-13(11-17(16)24-15-6-2-3-7-15)18-21-19(25-22-18)14-5-4-10-20-12-14/h4-5,8-12,15H,2-3,6-7H2,1H3. The minimum atomic E-state index is 0.250. The quantitative estimate of drug-likeness (QED) is 0.697. The molecule has 1 saturated carbocycles. The Morgan fingerprint density at radius 3 is 2.72 bits per heavy atom. The van der Waals surface area contributed by atoms with Crippen LogP contribution in [-0.2, 0) is 0 Å². The molecule has 2 heterocycles. The van der Waals surface area contributed by atoms with E-state index in [0.29, 0.717) is 17.5 Å². The summed E-state index contributed by atoms with van der Waals surface area (Å²) in [5.74, 6) is 2.39. The van der Waals surface area contributed by atoms with E-state index in [4.69, 9.17) is 14.0 Å². The fourth-order valence-electron chi connectivity index (χ4n) is 3.04. The van der Waals surface area contributed by atoms with Crippen LogP contribution >= 0.6 is 0 Å². The van der Waals surface area contributed by atoms with Gasteiger partial charge in [-0.15, -0.1) is 0 Å². The summed E-state index contributed by atoms with van der Waals surface area (Å²) in [4.78, 5) is 8.54. The van der Waals surface area contributed by atoms with Crippen molar-refractivity contribution in [1.82, 2.24) is 15.1 Å². The van der Waals surface area contributed by atoms with E-state index in [-0.39, 0.29) is 6.10 Å². The first-order chi connectivity index (χ1) is 12.3. The number of methoxy groups -OCH3 is 1. The highest BCUT2D eigenvalue weighted by Gasteiger charge is 2.20. The Balaban J connectivity index is 1.63. The Morgan fingerprint density at radius 2 is 1.96 bits per heavy atom. The third-order valence-corrected chi connectivity index (χ3v) is 4.35. The maximum Gasteiger partial charge on any atom is 0.259 e. The van der Waals surface area contributed by atoms with Crippen LogP contribution in [-0.4, -0.2) is 28.3 Å². The Bertz CT molecular complexity index is 842. The first kappa shape index (κ1) is 15.6. The predicted molar refractivity (Wildman–Crippen MR) is 92.4 cm³/mol. The summed E-state index contributed by atoms with van der Waals surface area (Å²) in [6, 6.07) is 9.40. The minimum absolute atomic E-state index is 0.250. The number of hydrogen-bond acceptors (Lipinski definition) is 6. The molecule has 0 atom stereocenters. The van der Waals surface area contributed by atoms with Gasteiger partial charge in [-0.1, -0.05) is 5.16 Å². The van der Waals surface area contributed by atoms with Crippen molar-refractivity contribution in [3.05, 3.63) is 42.7 Å². The summed E-state index contributed by atoms with van der Waals surface area (Å²) < 4.78 is 16.9. The van der Waals surface area contributed by atoms with Crippen molar-refractivity contribution in [2.24, 2.45) is 0 Å². The average molecular weight is 337 g/mol. The number of hydrogen-bond donors (Lipinski definition) is 0. The highest BCUT2D eigenvalue weighted by atomic mass is 16.5. The van der Waals surface area contributed by atoms with Crippen molar-refractivity contribution < 1.29 is 14.0 Å². The number of ether oxygens (including phenoxy) is 2. The van der Waals surface area contributed by atoms with E-state index in [1.165, 1.54) is 12.8 Å². The van der Waals surface area contributed by atoms with Crippen molar-refractivity contribution in [2.45, 2.75) is 31.8 Å². The average Bonchev–Trinajstić information content (AvgIpc) is 3.34. The Morgan fingerprint density at radius 1 is 1.08 bits per heavy atom. The van der Waals surface area contributed by atoms with E-state index >= 15 is 0 Å². The van der Waals surface area contributed by atoms with Crippen LogP contribution in [0.25, 0.3) is 22.8 Å². The smallest absolute Gasteiger partial charge is 0.259 e. The molecule has 1 aromatic carbocycles. The molecule has 1 fully saturated rings. The summed E-state index contributed by atoms with van der Waals surface area (Å²) in [5, 5.41) is 4.08. The van der Waals surface area contributed by atoms with E-state index in [0.717, 1.165) is 29.7 Å². The Kier molecular flexibility index (Phi) is 4.33. The molecule has 1 aliphatic carbocycles. The fraction of sp³-hybridized carbons (Fsp3) is 0.316. The molecule has 6 heteroatoms. The van der Waals surface area contributed by atoms with Gasteiger partial charge in [-0.3, -0.25) is 4.98 Å². The fourth-order valence-corrected chi connectivity index (χ4v) is 3.04. The lowest BCUT2D eigenvalue weighted by Gasteiger charge is -2.16. The lowest BCUT2D eigenvalue weighted by molar-refractivity contribution is 0.201. The molecule has 0 bridgehead atoms. The van der Waals surface area contributed by atoms with Crippen LogP contribution in [0.3, 0.4) is 0 Å². The molecule has 3 aromatic rings. The number of benzene rings is 1. The topological polar surface area (TPSA) is 70.3 Å². The van der Waals surface area contributed by atoms with E-state index in [9.17, 15) is 0 Å². The minimum Gasteiger partial charge on any atom is -0.493 e. The second-order valence-corrected chi connectivity index (χ2v) is 6.05. The van der Waals surface area contributed by atoms with Crippen LogP contribution in [0.4, 0.5) is 0 Å². The van der Waals surface area contributed by atoms with Crippen molar-refractivity contribution in [1.29, 1.82) is 0 Å². The van der Waals surface area contributed by atoms with Crippen molar-refractivity contribution in [2.75, 3.05) is 7.11 Å². The van der Waals surface area contributed by atoms with E-state index in [1.54, 1.807) is 19.5 Å². The summed E-state index contributed by atoms with van der Waals surface area (Å²) in [7, 11) is 1.64. The molecule has 128 valence electrons. The number of rotatable bonds is 5. The molecule has 0 N–H and O–H groups in total. The van der Waals surface area contributed by atoms with Gasteiger partial charge in [-0.25, -0.2) is 0 Å². The van der Waals surface area contributed by atoms with Gasteiger partial charge < -0.3 is 14.0 Å². The highest BCUT2D eigenvalue weighted by Crippen LogP contribution is 2.35. The molecule has 25 heavy (non-hydrogen) atoms. The number of nitrogens with zero attached hydrogens (tertiary/aromatic N) is 3. The molecule has 0 saturated heterocycles. The highest BCUT2D eigenvalue weighted by molar-refractivity contribution is 5.63. The SMILES string of the molecule is COc1ccc(-c2noc(-c3cccnc3)n2)cc1OC1CCCC1. The molecule has 0 aliphatic heterocycles. The lowest BCUT2D eigenvalue weighted by Crippen LogP contribution is -2.11. The zero-order valence-corrected chi connectivity index (χ0v) is 14.0. The van der Waals surface area contributed by atoms with Gasteiger partial charge in [0.05, 0.1) is 18.8 Å². The third kappa shape index (κ3) is 3.33. The largest absolute Gasteiger partial charge is 0.493 e. The zero-order chi connectivity index (χ0) is 17.1. The van der Waals surface area contributed by atoms with Gasteiger partial charge in [-0.2, -0.15) is 4.98 Å². The Hall–Kier alpha value is -2.89.